The van der Waals surface area contributed by atoms with Crippen LogP contribution in [-0.2, 0) is 10.0 Å². The van der Waals surface area contributed by atoms with Crippen molar-refractivity contribution < 1.29 is 17.9 Å². The molecule has 10 heteroatoms. The van der Waals surface area contributed by atoms with Gasteiger partial charge in [0.05, 0.1) is 12.0 Å². The van der Waals surface area contributed by atoms with E-state index in [-0.39, 0.29) is 6.03 Å². The van der Waals surface area contributed by atoms with Gasteiger partial charge >= 0.3 is 6.03 Å². The van der Waals surface area contributed by atoms with Crippen molar-refractivity contribution in [3.05, 3.63) is 46.3 Å². The third-order valence-corrected chi connectivity index (χ3v) is 8.82. The molecule has 37 heavy (non-hydrogen) atoms. The van der Waals surface area contributed by atoms with E-state index in [9.17, 15) is 13.2 Å². The predicted molar refractivity (Wildman–Crippen MR) is 147 cm³/mol. The van der Waals surface area contributed by atoms with Crippen LogP contribution in [0, 0.1) is 40.5 Å². The molecule has 0 spiro atoms. The number of urea groups is 1. The zero-order chi connectivity index (χ0) is 27.2. The first kappa shape index (κ1) is 28.9. The molecule has 0 aliphatic carbocycles. The molecule has 0 unspecified atom stereocenters. The zero-order valence-electron chi connectivity index (χ0n) is 22.9. The number of hydrogen-bond acceptors (Lipinski definition) is 6. The van der Waals surface area contributed by atoms with Crippen molar-refractivity contribution in [1.29, 1.82) is 0 Å². The summed E-state index contributed by atoms with van der Waals surface area (Å²) in [5, 5.41) is 5.78. The Morgan fingerprint density at radius 3 is 2.30 bits per heavy atom. The van der Waals surface area contributed by atoms with Crippen LogP contribution < -0.4 is 20.1 Å². The fourth-order valence-corrected chi connectivity index (χ4v) is 6.59. The number of aryl methyl sites for hydroxylation is 3. The first-order valence-corrected chi connectivity index (χ1v) is 14.4. The van der Waals surface area contributed by atoms with Gasteiger partial charge in [0.2, 0.25) is 10.0 Å². The quantitative estimate of drug-likeness (QED) is 0.430. The smallest absolute Gasteiger partial charge is 0.319 e. The fraction of sp³-hybridized carbons (Fsp3) is 0.556. The number of rotatable bonds is 10. The van der Waals surface area contributed by atoms with E-state index in [2.05, 4.69) is 25.2 Å². The highest BCUT2D eigenvalue weighted by molar-refractivity contribution is 7.89. The van der Waals surface area contributed by atoms with Crippen molar-refractivity contribution in [3.63, 3.8) is 0 Å². The van der Waals surface area contributed by atoms with Crippen molar-refractivity contribution in [2.24, 2.45) is 5.92 Å². The molecule has 2 aromatic rings. The predicted octanol–water partition coefficient (Wildman–Crippen LogP) is 3.83. The lowest BCUT2D eigenvalue weighted by Gasteiger charge is -2.32. The largest absolute Gasteiger partial charge is 0.496 e. The minimum Gasteiger partial charge on any atom is -0.496 e. The number of sulfonamides is 1. The minimum absolute atomic E-state index is 0.218. The lowest BCUT2D eigenvalue weighted by molar-refractivity contribution is 0.180. The van der Waals surface area contributed by atoms with Crippen LogP contribution in [0.2, 0.25) is 0 Å². The number of pyridine rings is 1. The molecule has 0 atom stereocenters. The molecule has 2 heterocycles. The van der Waals surface area contributed by atoms with Crippen LogP contribution in [0.5, 0.6) is 5.75 Å². The topological polar surface area (TPSA) is 113 Å². The number of aromatic nitrogens is 1. The van der Waals surface area contributed by atoms with Crippen LogP contribution >= 0.6 is 0 Å². The van der Waals surface area contributed by atoms with Crippen LogP contribution in [0.1, 0.15) is 47.3 Å². The Morgan fingerprint density at radius 1 is 1.03 bits per heavy atom. The second-order valence-electron chi connectivity index (χ2n) is 9.97. The molecule has 0 saturated carbocycles. The number of carbonyl (C=O) groups excluding carboxylic acids is 1. The molecule has 1 aliphatic rings. The van der Waals surface area contributed by atoms with Crippen molar-refractivity contribution in [3.8, 4) is 5.75 Å². The molecule has 3 rings (SSSR count). The number of benzene rings is 1. The van der Waals surface area contributed by atoms with E-state index < -0.39 is 10.0 Å². The van der Waals surface area contributed by atoms with Crippen molar-refractivity contribution in [1.82, 2.24) is 19.9 Å². The van der Waals surface area contributed by atoms with E-state index in [1.165, 1.54) is 0 Å². The Hall–Kier alpha value is -2.69. The standard InChI is InChI=1S/C27H41N5O4S/c1-18-15-25(36-6)21(4)22(5)26(18)37(34,35)29-10-7-23-8-12-32(13-9-23)14-11-28-27(33)31-24-16-19(2)30-20(3)17-24/h15-17,23,29H,7-14H2,1-6H3,(H2,28,30,31,33). The van der Waals surface area contributed by atoms with Crippen LogP contribution in [0.25, 0.3) is 0 Å². The molecule has 1 aromatic heterocycles. The van der Waals surface area contributed by atoms with Crippen molar-refractivity contribution >= 4 is 21.7 Å². The number of ether oxygens (including phenoxy) is 1. The maximum absolute atomic E-state index is 13.0. The first-order valence-electron chi connectivity index (χ1n) is 12.9. The Labute approximate surface area is 221 Å². The van der Waals surface area contributed by atoms with Gasteiger partial charge in [-0.15, -0.1) is 0 Å². The molecular weight excluding hydrogens is 490 g/mol. The molecule has 0 radical (unpaired) electrons. The Morgan fingerprint density at radius 2 is 1.68 bits per heavy atom. The fourth-order valence-electron chi connectivity index (χ4n) is 5.02. The summed E-state index contributed by atoms with van der Waals surface area (Å²) in [6, 6.07) is 5.26. The van der Waals surface area contributed by atoms with E-state index in [1.54, 1.807) is 20.1 Å². The van der Waals surface area contributed by atoms with Crippen LogP contribution in [0.4, 0.5) is 10.5 Å². The molecular formula is C27H41N5O4S. The van der Waals surface area contributed by atoms with Gasteiger partial charge < -0.3 is 20.3 Å². The molecule has 2 amide bonds. The molecule has 204 valence electrons. The summed E-state index contributed by atoms with van der Waals surface area (Å²) >= 11 is 0. The van der Waals surface area contributed by atoms with Gasteiger partial charge in [0.15, 0.2) is 0 Å². The van der Waals surface area contributed by atoms with Crippen molar-refractivity contribution in [2.45, 2.75) is 58.8 Å². The summed E-state index contributed by atoms with van der Waals surface area (Å²) in [6.07, 6.45) is 2.85. The monoisotopic (exact) mass is 531 g/mol. The highest BCUT2D eigenvalue weighted by Crippen LogP contribution is 2.30. The summed E-state index contributed by atoms with van der Waals surface area (Å²) in [7, 11) is -2.00. The maximum Gasteiger partial charge on any atom is 0.319 e. The number of nitrogens with zero attached hydrogens (tertiary/aromatic N) is 2. The van der Waals surface area contributed by atoms with E-state index in [1.807, 2.05) is 39.8 Å². The molecule has 3 N–H and O–H groups in total. The second-order valence-corrected chi connectivity index (χ2v) is 11.7. The third-order valence-electron chi connectivity index (χ3n) is 7.07. The van der Waals surface area contributed by atoms with Gasteiger partial charge in [-0.2, -0.15) is 0 Å². The number of piperidine rings is 1. The van der Waals surface area contributed by atoms with Crippen LogP contribution in [0.15, 0.2) is 23.1 Å². The minimum atomic E-state index is -3.59. The van der Waals surface area contributed by atoms with Gasteiger partial charge in [0, 0.05) is 36.7 Å². The zero-order valence-corrected chi connectivity index (χ0v) is 23.7. The Kier molecular flexibility index (Phi) is 9.92. The van der Waals surface area contributed by atoms with Gasteiger partial charge in [0.25, 0.3) is 0 Å². The van der Waals surface area contributed by atoms with E-state index in [4.69, 9.17) is 4.74 Å². The van der Waals surface area contributed by atoms with Gasteiger partial charge in [0.1, 0.15) is 5.75 Å². The number of amides is 2. The van der Waals surface area contributed by atoms with Gasteiger partial charge in [-0.3, -0.25) is 4.98 Å². The van der Waals surface area contributed by atoms with E-state index >= 15 is 0 Å². The average molecular weight is 532 g/mol. The van der Waals surface area contributed by atoms with Crippen molar-refractivity contribution in [2.75, 3.05) is 45.2 Å². The molecule has 1 aromatic carbocycles. The first-order chi connectivity index (χ1) is 17.5. The number of carbonyl (C=O) groups is 1. The number of methoxy groups -OCH3 is 1. The summed E-state index contributed by atoms with van der Waals surface area (Å²) < 4.78 is 34.3. The Balaban J connectivity index is 1.38. The molecule has 1 saturated heterocycles. The number of likely N-dealkylation sites (tertiary alicyclic amines) is 1. The summed E-state index contributed by atoms with van der Waals surface area (Å²) in [6.45, 7) is 13.0. The average Bonchev–Trinajstić information content (AvgIpc) is 2.81. The molecule has 0 bridgehead atoms. The second kappa shape index (κ2) is 12.7. The van der Waals surface area contributed by atoms with Gasteiger partial charge in [-0.1, -0.05) is 0 Å². The number of nitrogens with one attached hydrogen (secondary N) is 3. The lowest BCUT2D eigenvalue weighted by Crippen LogP contribution is -2.41. The highest BCUT2D eigenvalue weighted by atomic mass is 32.2. The summed E-state index contributed by atoms with van der Waals surface area (Å²) in [5.41, 5.74) is 4.74. The van der Waals surface area contributed by atoms with Crippen LogP contribution in [-0.4, -0.2) is 64.2 Å². The summed E-state index contributed by atoms with van der Waals surface area (Å²) in [4.78, 5) is 19.2. The van der Waals surface area contributed by atoms with Gasteiger partial charge in [-0.25, -0.2) is 17.9 Å². The molecule has 1 aliphatic heterocycles. The Bertz CT molecular complexity index is 1190. The van der Waals surface area contributed by atoms with E-state index in [0.29, 0.717) is 35.2 Å². The highest BCUT2D eigenvalue weighted by Gasteiger charge is 2.24. The molecule has 1 fully saturated rings. The SMILES string of the molecule is COc1cc(C)c(S(=O)(=O)NCCC2CCN(CCNC(=O)Nc3cc(C)nc(C)c3)CC2)c(C)c1C. The lowest BCUT2D eigenvalue weighted by atomic mass is 9.94. The maximum atomic E-state index is 13.0. The van der Waals surface area contributed by atoms with E-state index in [0.717, 1.165) is 67.1 Å². The number of hydrogen-bond donors (Lipinski definition) is 3. The van der Waals surface area contributed by atoms with Gasteiger partial charge in [-0.05, 0) is 108 Å². The normalized spacial score (nSPS) is 15.0. The molecule has 9 nitrogen and oxygen atoms in total. The summed E-state index contributed by atoms with van der Waals surface area (Å²) in [5.74, 6) is 1.18. The third kappa shape index (κ3) is 7.90. The number of anilines is 1. The van der Waals surface area contributed by atoms with Crippen LogP contribution in [0.3, 0.4) is 0 Å².